The monoisotopic (exact) mass is 254 g/mol. The van der Waals surface area contributed by atoms with E-state index in [4.69, 9.17) is 0 Å². The van der Waals surface area contributed by atoms with Crippen LogP contribution < -0.4 is 5.32 Å². The SMILES string of the molecule is Cc1ncccc1NCc1ccc(C(C)(C)C)cc1. The molecule has 0 radical (unpaired) electrons. The van der Waals surface area contributed by atoms with Gasteiger partial charge in [0.15, 0.2) is 0 Å². The second kappa shape index (κ2) is 5.43. The Balaban J connectivity index is 2.03. The smallest absolute Gasteiger partial charge is 0.0603 e. The quantitative estimate of drug-likeness (QED) is 0.883. The van der Waals surface area contributed by atoms with Crippen molar-refractivity contribution in [1.82, 2.24) is 4.98 Å². The zero-order valence-electron chi connectivity index (χ0n) is 12.2. The van der Waals surface area contributed by atoms with Crippen LogP contribution in [-0.2, 0) is 12.0 Å². The molecule has 0 atom stereocenters. The lowest BCUT2D eigenvalue weighted by molar-refractivity contribution is 0.590. The van der Waals surface area contributed by atoms with Gasteiger partial charge in [-0.1, -0.05) is 45.0 Å². The fraction of sp³-hybridized carbons (Fsp3) is 0.353. The number of hydrogen-bond donors (Lipinski definition) is 1. The van der Waals surface area contributed by atoms with Crippen molar-refractivity contribution in [2.24, 2.45) is 0 Å². The van der Waals surface area contributed by atoms with Crippen LogP contribution in [0.15, 0.2) is 42.6 Å². The molecule has 1 N–H and O–H groups in total. The maximum Gasteiger partial charge on any atom is 0.0603 e. The summed E-state index contributed by atoms with van der Waals surface area (Å²) in [6.07, 6.45) is 1.82. The second-order valence-corrected chi connectivity index (χ2v) is 5.94. The Bertz CT molecular complexity index is 536. The molecule has 0 saturated carbocycles. The van der Waals surface area contributed by atoms with E-state index >= 15 is 0 Å². The largest absolute Gasteiger partial charge is 0.380 e. The van der Waals surface area contributed by atoms with E-state index in [-0.39, 0.29) is 5.41 Å². The Labute approximate surface area is 115 Å². The number of pyridine rings is 1. The normalized spacial score (nSPS) is 11.4. The summed E-state index contributed by atoms with van der Waals surface area (Å²) in [7, 11) is 0. The van der Waals surface area contributed by atoms with E-state index in [1.54, 1.807) is 0 Å². The van der Waals surface area contributed by atoms with E-state index in [1.165, 1.54) is 11.1 Å². The zero-order chi connectivity index (χ0) is 13.9. The molecule has 0 aliphatic rings. The maximum atomic E-state index is 4.28. The minimum atomic E-state index is 0.214. The first kappa shape index (κ1) is 13.6. The topological polar surface area (TPSA) is 24.9 Å². The lowest BCUT2D eigenvalue weighted by Crippen LogP contribution is -2.11. The van der Waals surface area contributed by atoms with E-state index in [1.807, 2.05) is 19.2 Å². The molecule has 1 aromatic heterocycles. The molecular formula is C17H22N2. The van der Waals surface area contributed by atoms with Crippen molar-refractivity contribution in [3.8, 4) is 0 Å². The molecule has 1 heterocycles. The molecule has 2 heteroatoms. The standard InChI is InChI=1S/C17H22N2/c1-13-16(6-5-11-18-13)19-12-14-7-9-15(10-8-14)17(2,3)4/h5-11,19H,12H2,1-4H3. The Morgan fingerprint density at radius 2 is 1.74 bits per heavy atom. The summed E-state index contributed by atoms with van der Waals surface area (Å²) in [6.45, 7) is 9.56. The van der Waals surface area contributed by atoms with Gasteiger partial charge in [0.05, 0.1) is 11.4 Å². The van der Waals surface area contributed by atoms with Crippen molar-refractivity contribution in [3.05, 3.63) is 59.4 Å². The van der Waals surface area contributed by atoms with Crippen LogP contribution in [0.3, 0.4) is 0 Å². The summed E-state index contributed by atoms with van der Waals surface area (Å²) in [4.78, 5) is 4.28. The Kier molecular flexibility index (Phi) is 3.89. The highest BCUT2D eigenvalue weighted by Crippen LogP contribution is 2.22. The van der Waals surface area contributed by atoms with E-state index in [0.717, 1.165) is 17.9 Å². The van der Waals surface area contributed by atoms with E-state index < -0.39 is 0 Å². The number of nitrogens with one attached hydrogen (secondary N) is 1. The summed E-state index contributed by atoms with van der Waals surface area (Å²) in [5.41, 5.74) is 5.01. The molecule has 0 fully saturated rings. The molecule has 2 rings (SSSR count). The summed E-state index contributed by atoms with van der Waals surface area (Å²) >= 11 is 0. The number of nitrogens with zero attached hydrogens (tertiary/aromatic N) is 1. The highest BCUT2D eigenvalue weighted by Gasteiger charge is 2.12. The molecule has 2 aromatic rings. The van der Waals surface area contributed by atoms with Crippen LogP contribution in [0.4, 0.5) is 5.69 Å². The lowest BCUT2D eigenvalue weighted by atomic mass is 9.87. The predicted molar refractivity (Wildman–Crippen MR) is 81.4 cm³/mol. The predicted octanol–water partition coefficient (Wildman–Crippen LogP) is 4.30. The van der Waals surface area contributed by atoms with Gasteiger partial charge < -0.3 is 5.32 Å². The molecule has 0 saturated heterocycles. The van der Waals surface area contributed by atoms with Crippen molar-refractivity contribution in [3.63, 3.8) is 0 Å². The molecule has 0 aliphatic heterocycles. The fourth-order valence-corrected chi connectivity index (χ4v) is 1.99. The van der Waals surface area contributed by atoms with Crippen molar-refractivity contribution in [2.75, 3.05) is 5.32 Å². The van der Waals surface area contributed by atoms with Crippen molar-refractivity contribution in [1.29, 1.82) is 0 Å². The van der Waals surface area contributed by atoms with Gasteiger partial charge in [0.1, 0.15) is 0 Å². The number of rotatable bonds is 3. The minimum Gasteiger partial charge on any atom is -0.380 e. The first-order valence-electron chi connectivity index (χ1n) is 6.72. The van der Waals surface area contributed by atoms with Gasteiger partial charge in [0, 0.05) is 12.7 Å². The van der Waals surface area contributed by atoms with E-state index in [0.29, 0.717) is 0 Å². The first-order valence-corrected chi connectivity index (χ1v) is 6.72. The average molecular weight is 254 g/mol. The minimum absolute atomic E-state index is 0.214. The van der Waals surface area contributed by atoms with Gasteiger partial charge in [-0.2, -0.15) is 0 Å². The fourth-order valence-electron chi connectivity index (χ4n) is 1.99. The highest BCUT2D eigenvalue weighted by atomic mass is 14.9. The van der Waals surface area contributed by atoms with Crippen LogP contribution in [0.2, 0.25) is 0 Å². The highest BCUT2D eigenvalue weighted by molar-refractivity contribution is 5.47. The molecule has 2 nitrogen and oxygen atoms in total. The Morgan fingerprint density at radius 3 is 2.32 bits per heavy atom. The van der Waals surface area contributed by atoms with Gasteiger partial charge >= 0.3 is 0 Å². The van der Waals surface area contributed by atoms with Gasteiger partial charge in [-0.25, -0.2) is 0 Å². The number of hydrogen-bond acceptors (Lipinski definition) is 2. The van der Waals surface area contributed by atoms with Gasteiger partial charge in [-0.3, -0.25) is 4.98 Å². The summed E-state index contributed by atoms with van der Waals surface area (Å²) in [6, 6.07) is 12.8. The van der Waals surface area contributed by atoms with E-state index in [9.17, 15) is 0 Å². The van der Waals surface area contributed by atoms with Crippen LogP contribution >= 0.6 is 0 Å². The van der Waals surface area contributed by atoms with Gasteiger partial charge in [-0.15, -0.1) is 0 Å². The van der Waals surface area contributed by atoms with Crippen molar-refractivity contribution in [2.45, 2.75) is 39.7 Å². The number of benzene rings is 1. The third kappa shape index (κ3) is 3.57. The molecule has 19 heavy (non-hydrogen) atoms. The van der Waals surface area contributed by atoms with Crippen molar-refractivity contribution < 1.29 is 0 Å². The Hall–Kier alpha value is -1.83. The average Bonchev–Trinajstić information content (AvgIpc) is 2.37. The third-order valence-corrected chi connectivity index (χ3v) is 3.31. The second-order valence-electron chi connectivity index (χ2n) is 5.94. The molecule has 0 amide bonds. The zero-order valence-corrected chi connectivity index (χ0v) is 12.2. The molecule has 0 spiro atoms. The van der Waals surface area contributed by atoms with Gasteiger partial charge in [0.2, 0.25) is 0 Å². The van der Waals surface area contributed by atoms with Crippen LogP contribution in [0.1, 0.15) is 37.6 Å². The maximum absolute atomic E-state index is 4.28. The summed E-state index contributed by atoms with van der Waals surface area (Å²) < 4.78 is 0. The first-order chi connectivity index (χ1) is 8.97. The van der Waals surface area contributed by atoms with Crippen LogP contribution in [-0.4, -0.2) is 4.98 Å². The molecular weight excluding hydrogens is 232 g/mol. The molecule has 1 aromatic carbocycles. The molecule has 100 valence electrons. The van der Waals surface area contributed by atoms with Crippen LogP contribution in [0.25, 0.3) is 0 Å². The Morgan fingerprint density at radius 1 is 1.05 bits per heavy atom. The summed E-state index contributed by atoms with van der Waals surface area (Å²) in [5.74, 6) is 0. The summed E-state index contributed by atoms with van der Waals surface area (Å²) in [5, 5.41) is 3.42. The van der Waals surface area contributed by atoms with Crippen LogP contribution in [0.5, 0.6) is 0 Å². The molecule has 0 aliphatic carbocycles. The van der Waals surface area contributed by atoms with Crippen molar-refractivity contribution >= 4 is 5.69 Å². The van der Waals surface area contributed by atoms with Gasteiger partial charge in [0.25, 0.3) is 0 Å². The lowest BCUT2D eigenvalue weighted by Gasteiger charge is -2.19. The number of aryl methyl sites for hydroxylation is 1. The van der Waals surface area contributed by atoms with E-state index in [2.05, 4.69) is 61.4 Å². The van der Waals surface area contributed by atoms with Gasteiger partial charge in [-0.05, 0) is 35.6 Å². The molecule has 0 bridgehead atoms. The molecule has 0 unspecified atom stereocenters. The third-order valence-electron chi connectivity index (χ3n) is 3.31. The number of anilines is 1. The number of aromatic nitrogens is 1. The van der Waals surface area contributed by atoms with Crippen LogP contribution in [0, 0.1) is 6.92 Å².